The van der Waals surface area contributed by atoms with Crippen LogP contribution in [0.15, 0.2) is 18.5 Å². The predicted molar refractivity (Wildman–Crippen MR) is 59.4 cm³/mol. The van der Waals surface area contributed by atoms with Crippen LogP contribution >= 0.6 is 0 Å². The van der Waals surface area contributed by atoms with Crippen molar-refractivity contribution in [2.75, 3.05) is 19.8 Å². The molecule has 0 aromatic carbocycles. The Labute approximate surface area is 95.0 Å². The highest BCUT2D eigenvalue weighted by Crippen LogP contribution is 2.28. The summed E-state index contributed by atoms with van der Waals surface area (Å²) in [5.74, 6) is 0.525. The molecular formula is C12H17FN2O. The highest BCUT2D eigenvalue weighted by atomic mass is 19.1. The lowest BCUT2D eigenvalue weighted by atomic mass is 10.3. The van der Waals surface area contributed by atoms with Gasteiger partial charge in [0, 0.05) is 25.9 Å². The number of nitrogens with one attached hydrogen (secondary N) is 1. The second-order valence-electron chi connectivity index (χ2n) is 4.21. The van der Waals surface area contributed by atoms with Gasteiger partial charge in [0.25, 0.3) is 0 Å². The molecule has 0 aliphatic heterocycles. The number of nitrogens with zero attached hydrogens (tertiary/aromatic N) is 1. The van der Waals surface area contributed by atoms with Crippen molar-refractivity contribution in [3.63, 3.8) is 0 Å². The predicted octanol–water partition coefficient (Wildman–Crippen LogP) is 1.74. The van der Waals surface area contributed by atoms with Crippen LogP contribution in [-0.2, 0) is 11.3 Å². The number of rotatable bonds is 7. The smallest absolute Gasteiger partial charge is 0.141 e. The Morgan fingerprint density at radius 2 is 2.31 bits per heavy atom. The molecule has 16 heavy (non-hydrogen) atoms. The third-order valence-electron chi connectivity index (χ3n) is 2.56. The van der Waals surface area contributed by atoms with Crippen LogP contribution in [-0.4, -0.2) is 24.7 Å². The number of halogens is 1. The summed E-state index contributed by atoms with van der Waals surface area (Å²) in [7, 11) is 0. The Bertz CT molecular complexity index is 329. The van der Waals surface area contributed by atoms with E-state index >= 15 is 0 Å². The number of hydrogen-bond donors (Lipinski definition) is 1. The molecule has 0 amide bonds. The molecule has 1 N–H and O–H groups in total. The molecule has 2 rings (SSSR count). The molecule has 4 heteroatoms. The zero-order valence-electron chi connectivity index (χ0n) is 9.29. The number of pyridine rings is 1. The first kappa shape index (κ1) is 11.5. The minimum Gasteiger partial charge on any atom is -0.380 e. The molecule has 1 aliphatic carbocycles. The van der Waals surface area contributed by atoms with Crippen LogP contribution in [0.4, 0.5) is 4.39 Å². The van der Waals surface area contributed by atoms with Crippen LogP contribution in [0, 0.1) is 11.7 Å². The van der Waals surface area contributed by atoms with Gasteiger partial charge in [-0.2, -0.15) is 0 Å². The zero-order valence-corrected chi connectivity index (χ0v) is 9.29. The Balaban J connectivity index is 1.53. The van der Waals surface area contributed by atoms with Crippen molar-refractivity contribution in [3.05, 3.63) is 29.8 Å². The van der Waals surface area contributed by atoms with Crippen molar-refractivity contribution >= 4 is 0 Å². The van der Waals surface area contributed by atoms with E-state index in [1.54, 1.807) is 6.20 Å². The minimum atomic E-state index is -0.288. The van der Waals surface area contributed by atoms with E-state index in [4.69, 9.17) is 4.74 Å². The van der Waals surface area contributed by atoms with Crippen LogP contribution in [0.2, 0.25) is 0 Å². The topological polar surface area (TPSA) is 34.2 Å². The van der Waals surface area contributed by atoms with Gasteiger partial charge in [-0.25, -0.2) is 4.39 Å². The summed E-state index contributed by atoms with van der Waals surface area (Å²) < 4.78 is 18.2. The highest BCUT2D eigenvalue weighted by molar-refractivity contribution is 5.09. The van der Waals surface area contributed by atoms with Crippen LogP contribution in [0.5, 0.6) is 0 Å². The minimum absolute atomic E-state index is 0.288. The standard InChI is InChI=1S/C12H17FN2O/c13-12-5-11(7-15-8-12)6-14-3-4-16-9-10-1-2-10/h5,7-8,10,14H,1-4,6,9H2. The van der Waals surface area contributed by atoms with E-state index in [-0.39, 0.29) is 5.82 Å². The normalized spacial score (nSPS) is 15.3. The highest BCUT2D eigenvalue weighted by Gasteiger charge is 2.20. The van der Waals surface area contributed by atoms with Crippen LogP contribution in [0.25, 0.3) is 0 Å². The van der Waals surface area contributed by atoms with E-state index in [0.29, 0.717) is 6.54 Å². The summed E-state index contributed by atoms with van der Waals surface area (Å²) in [5, 5.41) is 3.19. The fourth-order valence-corrected chi connectivity index (χ4v) is 1.46. The van der Waals surface area contributed by atoms with Gasteiger partial charge >= 0.3 is 0 Å². The third kappa shape index (κ3) is 4.24. The average molecular weight is 224 g/mol. The van der Waals surface area contributed by atoms with E-state index in [1.165, 1.54) is 25.1 Å². The van der Waals surface area contributed by atoms with Gasteiger partial charge < -0.3 is 10.1 Å². The molecule has 0 bridgehead atoms. The van der Waals surface area contributed by atoms with E-state index in [1.807, 2.05) is 0 Å². The molecule has 88 valence electrons. The van der Waals surface area contributed by atoms with Gasteiger partial charge in [-0.15, -0.1) is 0 Å². The first-order chi connectivity index (χ1) is 7.84. The molecule has 1 aromatic rings. The van der Waals surface area contributed by atoms with Crippen molar-refractivity contribution in [2.24, 2.45) is 5.92 Å². The summed E-state index contributed by atoms with van der Waals surface area (Å²) in [5.41, 5.74) is 0.863. The quantitative estimate of drug-likeness (QED) is 0.716. The van der Waals surface area contributed by atoms with Crippen molar-refractivity contribution in [1.29, 1.82) is 0 Å². The molecule has 0 unspecified atom stereocenters. The average Bonchev–Trinajstić information content (AvgIpc) is 3.07. The fourth-order valence-electron chi connectivity index (χ4n) is 1.46. The monoisotopic (exact) mass is 224 g/mol. The largest absolute Gasteiger partial charge is 0.380 e. The molecule has 3 nitrogen and oxygen atoms in total. The van der Waals surface area contributed by atoms with Crippen LogP contribution < -0.4 is 5.32 Å². The van der Waals surface area contributed by atoms with Crippen LogP contribution in [0.1, 0.15) is 18.4 Å². The third-order valence-corrected chi connectivity index (χ3v) is 2.56. The first-order valence-corrected chi connectivity index (χ1v) is 5.72. The Morgan fingerprint density at radius 1 is 1.44 bits per heavy atom. The Morgan fingerprint density at radius 3 is 3.06 bits per heavy atom. The summed E-state index contributed by atoms with van der Waals surface area (Å²) in [6.07, 6.45) is 5.52. The fraction of sp³-hybridized carbons (Fsp3) is 0.583. The van der Waals surface area contributed by atoms with Crippen LogP contribution in [0.3, 0.4) is 0 Å². The molecule has 0 atom stereocenters. The molecular weight excluding hydrogens is 207 g/mol. The molecule has 1 heterocycles. The SMILES string of the molecule is Fc1cncc(CNCCOCC2CC2)c1. The van der Waals surface area contributed by atoms with Gasteiger partial charge in [-0.1, -0.05) is 0 Å². The number of ether oxygens (including phenoxy) is 1. The number of hydrogen-bond acceptors (Lipinski definition) is 3. The lowest BCUT2D eigenvalue weighted by Crippen LogP contribution is -2.19. The zero-order chi connectivity index (χ0) is 11.2. The van der Waals surface area contributed by atoms with Crippen molar-refractivity contribution < 1.29 is 9.13 Å². The van der Waals surface area contributed by atoms with Gasteiger partial charge in [0.15, 0.2) is 0 Å². The van der Waals surface area contributed by atoms with E-state index in [2.05, 4.69) is 10.3 Å². The van der Waals surface area contributed by atoms with Crippen molar-refractivity contribution in [3.8, 4) is 0 Å². The molecule has 1 fully saturated rings. The molecule has 1 saturated carbocycles. The maximum absolute atomic E-state index is 12.8. The van der Waals surface area contributed by atoms with Gasteiger partial charge in [0.2, 0.25) is 0 Å². The van der Waals surface area contributed by atoms with Crippen molar-refractivity contribution in [1.82, 2.24) is 10.3 Å². The molecule has 0 spiro atoms. The maximum atomic E-state index is 12.8. The second-order valence-corrected chi connectivity index (χ2v) is 4.21. The van der Waals surface area contributed by atoms with Gasteiger partial charge in [-0.3, -0.25) is 4.98 Å². The van der Waals surface area contributed by atoms with Gasteiger partial charge in [0.1, 0.15) is 5.82 Å². The molecule has 1 aliphatic rings. The molecule has 0 radical (unpaired) electrons. The maximum Gasteiger partial charge on any atom is 0.141 e. The van der Waals surface area contributed by atoms with E-state index in [0.717, 1.165) is 31.2 Å². The summed E-state index contributed by atoms with van der Waals surface area (Å²) in [6, 6.07) is 1.49. The first-order valence-electron chi connectivity index (χ1n) is 5.72. The summed E-state index contributed by atoms with van der Waals surface area (Å²) in [4.78, 5) is 3.78. The lowest BCUT2D eigenvalue weighted by Gasteiger charge is -2.05. The van der Waals surface area contributed by atoms with E-state index < -0.39 is 0 Å². The van der Waals surface area contributed by atoms with E-state index in [9.17, 15) is 4.39 Å². The summed E-state index contributed by atoms with van der Waals surface area (Å²) >= 11 is 0. The number of aromatic nitrogens is 1. The van der Waals surface area contributed by atoms with Gasteiger partial charge in [-0.05, 0) is 30.4 Å². The summed E-state index contributed by atoms with van der Waals surface area (Å²) in [6.45, 7) is 3.04. The van der Waals surface area contributed by atoms with Gasteiger partial charge in [0.05, 0.1) is 12.8 Å². The molecule has 0 saturated heterocycles. The Kier molecular flexibility index (Phi) is 4.25. The lowest BCUT2D eigenvalue weighted by molar-refractivity contribution is 0.126. The second kappa shape index (κ2) is 5.92. The Hall–Kier alpha value is -1.00. The molecule has 1 aromatic heterocycles. The van der Waals surface area contributed by atoms with Crippen molar-refractivity contribution in [2.45, 2.75) is 19.4 Å².